The van der Waals surface area contributed by atoms with Crippen LogP contribution in [0.15, 0.2) is 29.2 Å². The van der Waals surface area contributed by atoms with Gasteiger partial charge in [0.2, 0.25) is 0 Å². The summed E-state index contributed by atoms with van der Waals surface area (Å²) in [4.78, 5) is 26.2. The fourth-order valence-corrected chi connectivity index (χ4v) is 3.91. The smallest absolute Gasteiger partial charge is 0.337 e. The van der Waals surface area contributed by atoms with Gasteiger partial charge in [-0.25, -0.2) is 4.79 Å². The summed E-state index contributed by atoms with van der Waals surface area (Å²) in [5, 5.41) is 0. The second-order valence-electron chi connectivity index (χ2n) is 5.54. The number of methoxy groups -OCH3 is 1. The molecular formula is C17H17NO4S2. The predicted molar refractivity (Wildman–Crippen MR) is 96.6 cm³/mol. The summed E-state index contributed by atoms with van der Waals surface area (Å²) in [6.45, 7) is 1.27. The van der Waals surface area contributed by atoms with Gasteiger partial charge in [0.05, 0.1) is 30.2 Å². The van der Waals surface area contributed by atoms with Crippen molar-refractivity contribution in [1.82, 2.24) is 4.90 Å². The first kappa shape index (κ1) is 17.1. The topological polar surface area (TPSA) is 55.8 Å². The summed E-state index contributed by atoms with van der Waals surface area (Å²) < 4.78 is 10.8. The van der Waals surface area contributed by atoms with Gasteiger partial charge in [-0.1, -0.05) is 36.1 Å². The van der Waals surface area contributed by atoms with Crippen LogP contribution < -0.4 is 0 Å². The standard InChI is InChI=1S/C17H17NO4S2/c1-21-16(20)12-6-4-11(5-7-12)9-14-15(19)18(17(23)24-14)10-13-3-2-8-22-13/h4-7,9,13H,2-3,8,10H2,1H3/b14-9+/t13-/m0/s1. The summed E-state index contributed by atoms with van der Waals surface area (Å²) in [5.41, 5.74) is 1.31. The van der Waals surface area contributed by atoms with E-state index in [9.17, 15) is 9.59 Å². The fraction of sp³-hybridized carbons (Fsp3) is 0.353. The number of thioether (sulfide) groups is 1. The molecule has 2 heterocycles. The van der Waals surface area contributed by atoms with Crippen molar-refractivity contribution in [2.24, 2.45) is 0 Å². The van der Waals surface area contributed by atoms with Crippen molar-refractivity contribution in [3.63, 3.8) is 0 Å². The van der Waals surface area contributed by atoms with Crippen LogP contribution in [-0.2, 0) is 14.3 Å². The normalized spacial score (nSPS) is 22.5. The first-order valence-electron chi connectivity index (χ1n) is 7.64. The molecule has 1 atom stereocenters. The molecule has 0 aliphatic carbocycles. The minimum atomic E-state index is -0.385. The monoisotopic (exact) mass is 363 g/mol. The molecule has 0 unspecified atom stereocenters. The van der Waals surface area contributed by atoms with E-state index in [1.54, 1.807) is 35.2 Å². The molecule has 0 radical (unpaired) electrons. The molecule has 0 aromatic heterocycles. The van der Waals surface area contributed by atoms with Crippen LogP contribution in [0.4, 0.5) is 0 Å². The number of amides is 1. The number of ether oxygens (including phenoxy) is 2. The molecule has 1 aromatic rings. The number of hydrogen-bond donors (Lipinski definition) is 0. The van der Waals surface area contributed by atoms with E-state index >= 15 is 0 Å². The summed E-state index contributed by atoms with van der Waals surface area (Å²) in [7, 11) is 1.34. The lowest BCUT2D eigenvalue weighted by Crippen LogP contribution is -2.35. The molecule has 1 amide bonds. The largest absolute Gasteiger partial charge is 0.465 e. The summed E-state index contributed by atoms with van der Waals surface area (Å²) >= 11 is 6.62. The maximum Gasteiger partial charge on any atom is 0.337 e. The van der Waals surface area contributed by atoms with Gasteiger partial charge in [-0.05, 0) is 36.6 Å². The third-order valence-corrected chi connectivity index (χ3v) is 5.29. The average Bonchev–Trinajstić information content (AvgIpc) is 3.19. The van der Waals surface area contributed by atoms with Crippen molar-refractivity contribution in [3.05, 3.63) is 40.3 Å². The van der Waals surface area contributed by atoms with Crippen molar-refractivity contribution in [2.75, 3.05) is 20.3 Å². The molecule has 24 heavy (non-hydrogen) atoms. The Morgan fingerprint density at radius 1 is 1.46 bits per heavy atom. The van der Waals surface area contributed by atoms with Crippen molar-refractivity contribution in [1.29, 1.82) is 0 Å². The quantitative estimate of drug-likeness (QED) is 0.466. The van der Waals surface area contributed by atoms with Gasteiger partial charge in [-0.15, -0.1) is 0 Å². The van der Waals surface area contributed by atoms with E-state index in [-0.39, 0.29) is 18.0 Å². The Morgan fingerprint density at radius 3 is 2.83 bits per heavy atom. The Balaban J connectivity index is 1.72. The minimum absolute atomic E-state index is 0.0752. The Hall–Kier alpha value is -1.70. The maximum absolute atomic E-state index is 12.5. The molecule has 2 fully saturated rings. The van der Waals surface area contributed by atoms with Crippen molar-refractivity contribution in [3.8, 4) is 0 Å². The van der Waals surface area contributed by atoms with Crippen LogP contribution in [0.5, 0.6) is 0 Å². The van der Waals surface area contributed by atoms with Gasteiger partial charge in [0.15, 0.2) is 0 Å². The van der Waals surface area contributed by atoms with Crippen molar-refractivity contribution in [2.45, 2.75) is 18.9 Å². The van der Waals surface area contributed by atoms with Gasteiger partial charge < -0.3 is 9.47 Å². The molecule has 2 saturated heterocycles. The van der Waals surface area contributed by atoms with Crippen LogP contribution in [0.3, 0.4) is 0 Å². The van der Waals surface area contributed by atoms with E-state index in [0.717, 1.165) is 25.0 Å². The molecule has 0 saturated carbocycles. The number of carbonyl (C=O) groups excluding carboxylic acids is 2. The highest BCUT2D eigenvalue weighted by molar-refractivity contribution is 8.26. The zero-order valence-corrected chi connectivity index (χ0v) is 14.8. The Bertz CT molecular complexity index is 693. The second kappa shape index (κ2) is 7.46. The lowest BCUT2D eigenvalue weighted by Gasteiger charge is -2.18. The Labute approximate surface area is 150 Å². The van der Waals surface area contributed by atoms with Crippen LogP contribution in [0.1, 0.15) is 28.8 Å². The Kier molecular flexibility index (Phi) is 5.33. The van der Waals surface area contributed by atoms with E-state index in [4.69, 9.17) is 17.0 Å². The van der Waals surface area contributed by atoms with Crippen LogP contribution in [-0.4, -0.2) is 47.5 Å². The van der Waals surface area contributed by atoms with Gasteiger partial charge in [0, 0.05) is 6.61 Å². The third kappa shape index (κ3) is 3.68. The number of rotatable bonds is 4. The SMILES string of the molecule is COC(=O)c1ccc(/C=C2/SC(=S)N(C[C@@H]3CCCO3)C2=O)cc1. The first-order chi connectivity index (χ1) is 11.6. The predicted octanol–water partition coefficient (Wildman–Crippen LogP) is 2.85. The summed E-state index contributed by atoms with van der Waals surface area (Å²) in [6, 6.07) is 6.90. The molecule has 7 heteroatoms. The van der Waals surface area contributed by atoms with Crippen molar-refractivity contribution < 1.29 is 19.1 Å². The summed E-state index contributed by atoms with van der Waals surface area (Å²) in [5.74, 6) is -0.470. The molecule has 0 spiro atoms. The lowest BCUT2D eigenvalue weighted by atomic mass is 10.1. The van der Waals surface area contributed by atoms with Gasteiger partial charge in [0.1, 0.15) is 4.32 Å². The van der Waals surface area contributed by atoms with Gasteiger partial charge in [-0.3, -0.25) is 9.69 Å². The maximum atomic E-state index is 12.5. The first-order valence-corrected chi connectivity index (χ1v) is 8.86. The molecule has 0 N–H and O–H groups in total. The highest BCUT2D eigenvalue weighted by atomic mass is 32.2. The zero-order chi connectivity index (χ0) is 17.1. The second-order valence-corrected chi connectivity index (χ2v) is 7.22. The molecular weight excluding hydrogens is 346 g/mol. The highest BCUT2D eigenvalue weighted by Gasteiger charge is 2.34. The van der Waals surface area contributed by atoms with Gasteiger partial charge in [-0.2, -0.15) is 0 Å². The third-order valence-electron chi connectivity index (χ3n) is 3.91. The number of nitrogens with zero attached hydrogens (tertiary/aromatic N) is 1. The van der Waals surface area contributed by atoms with Gasteiger partial charge >= 0.3 is 5.97 Å². The van der Waals surface area contributed by atoms with E-state index in [1.807, 2.05) is 0 Å². The minimum Gasteiger partial charge on any atom is -0.465 e. The van der Waals surface area contributed by atoms with Crippen molar-refractivity contribution >= 4 is 46.3 Å². The zero-order valence-electron chi connectivity index (χ0n) is 13.2. The van der Waals surface area contributed by atoms with Crippen LogP contribution in [0.2, 0.25) is 0 Å². The molecule has 1 aromatic carbocycles. The summed E-state index contributed by atoms with van der Waals surface area (Å²) in [6.07, 6.45) is 3.86. The number of esters is 1. The number of hydrogen-bond acceptors (Lipinski definition) is 6. The molecule has 0 bridgehead atoms. The fourth-order valence-electron chi connectivity index (χ4n) is 2.63. The van der Waals surface area contributed by atoms with Crippen LogP contribution >= 0.6 is 24.0 Å². The number of carbonyl (C=O) groups is 2. The molecule has 3 rings (SSSR count). The average molecular weight is 363 g/mol. The number of benzene rings is 1. The van der Waals surface area contributed by atoms with E-state index < -0.39 is 0 Å². The highest BCUT2D eigenvalue weighted by Crippen LogP contribution is 2.33. The van der Waals surface area contributed by atoms with E-state index in [2.05, 4.69) is 4.74 Å². The molecule has 5 nitrogen and oxygen atoms in total. The molecule has 2 aliphatic heterocycles. The lowest BCUT2D eigenvalue weighted by molar-refractivity contribution is -0.123. The molecule has 2 aliphatic rings. The van der Waals surface area contributed by atoms with Gasteiger partial charge in [0.25, 0.3) is 5.91 Å². The number of thiocarbonyl (C=S) groups is 1. The van der Waals surface area contributed by atoms with Crippen LogP contribution in [0.25, 0.3) is 6.08 Å². The molecule has 126 valence electrons. The van der Waals surface area contributed by atoms with Crippen LogP contribution in [0, 0.1) is 0 Å². The van der Waals surface area contributed by atoms with E-state index in [1.165, 1.54) is 18.9 Å². The Morgan fingerprint density at radius 2 is 2.21 bits per heavy atom. The van der Waals surface area contributed by atoms with E-state index in [0.29, 0.717) is 21.3 Å².